The van der Waals surface area contributed by atoms with Crippen molar-refractivity contribution in [2.24, 2.45) is 0 Å². The molecule has 0 aromatic carbocycles. The Balaban J connectivity index is 1.92. The van der Waals surface area contributed by atoms with Crippen LogP contribution in [0.2, 0.25) is 0 Å². The molecule has 2 aromatic rings. The van der Waals surface area contributed by atoms with E-state index in [1.807, 2.05) is 11.4 Å². The van der Waals surface area contributed by atoms with E-state index in [-0.39, 0.29) is 0 Å². The summed E-state index contributed by atoms with van der Waals surface area (Å²) in [4.78, 5) is 15.8. The van der Waals surface area contributed by atoms with Crippen molar-refractivity contribution in [3.63, 3.8) is 0 Å². The smallest absolute Gasteiger partial charge is 0.230 e. The number of thiophene rings is 1. The van der Waals surface area contributed by atoms with Gasteiger partial charge in [-0.1, -0.05) is 6.92 Å². The second-order valence-corrected chi connectivity index (χ2v) is 5.60. The molecule has 21 heavy (non-hydrogen) atoms. The van der Waals surface area contributed by atoms with Crippen LogP contribution in [0.3, 0.4) is 0 Å². The number of hydrogen-bond donors (Lipinski definition) is 1. The minimum Gasteiger partial charge on any atom is -0.378 e. The van der Waals surface area contributed by atoms with E-state index >= 15 is 0 Å². The van der Waals surface area contributed by atoms with Gasteiger partial charge in [0.05, 0.1) is 13.2 Å². The van der Waals surface area contributed by atoms with Gasteiger partial charge in [-0.3, -0.25) is 0 Å². The molecule has 1 fully saturated rings. The average Bonchev–Trinajstić information content (AvgIpc) is 3.08. The van der Waals surface area contributed by atoms with Crippen LogP contribution in [0, 0.1) is 0 Å². The zero-order valence-electron chi connectivity index (χ0n) is 12.1. The predicted octanol–water partition coefficient (Wildman–Crippen LogP) is 2.26. The number of aromatic nitrogens is 3. The zero-order chi connectivity index (χ0) is 14.5. The summed E-state index contributed by atoms with van der Waals surface area (Å²) in [5, 5.41) is 7.35. The highest BCUT2D eigenvalue weighted by atomic mass is 32.1. The number of hydrogen-bond acceptors (Lipinski definition) is 7. The van der Waals surface area contributed by atoms with Crippen LogP contribution in [0.25, 0.3) is 11.4 Å². The number of nitrogens with one attached hydrogen (secondary N) is 1. The first-order valence-corrected chi connectivity index (χ1v) is 8.16. The van der Waals surface area contributed by atoms with Gasteiger partial charge in [-0.05, 0) is 17.9 Å². The van der Waals surface area contributed by atoms with Crippen molar-refractivity contribution < 1.29 is 4.74 Å². The summed E-state index contributed by atoms with van der Waals surface area (Å²) in [7, 11) is 0. The van der Waals surface area contributed by atoms with Gasteiger partial charge in [0.15, 0.2) is 5.82 Å². The first kappa shape index (κ1) is 14.2. The summed E-state index contributed by atoms with van der Waals surface area (Å²) in [5.74, 6) is 2.11. The van der Waals surface area contributed by atoms with Crippen LogP contribution in [0.15, 0.2) is 16.8 Å². The molecule has 3 rings (SSSR count). The first-order valence-electron chi connectivity index (χ1n) is 7.22. The number of ether oxygens (including phenoxy) is 1. The maximum Gasteiger partial charge on any atom is 0.230 e. The van der Waals surface area contributed by atoms with E-state index in [0.717, 1.165) is 56.6 Å². The maximum atomic E-state index is 5.39. The molecule has 1 N–H and O–H groups in total. The number of anilines is 2. The fourth-order valence-corrected chi connectivity index (χ4v) is 2.74. The van der Waals surface area contributed by atoms with E-state index in [1.54, 1.807) is 11.3 Å². The summed E-state index contributed by atoms with van der Waals surface area (Å²) >= 11 is 1.65. The lowest BCUT2D eigenvalue weighted by Gasteiger charge is -2.27. The zero-order valence-corrected chi connectivity index (χ0v) is 12.9. The summed E-state index contributed by atoms with van der Waals surface area (Å²) in [5.41, 5.74) is 1.04. The SMILES string of the molecule is CCCNc1nc(-c2ccsc2)nc(N2CCOCC2)n1. The monoisotopic (exact) mass is 305 g/mol. The third kappa shape index (κ3) is 3.48. The lowest BCUT2D eigenvalue weighted by molar-refractivity contribution is 0.122. The van der Waals surface area contributed by atoms with Crippen LogP contribution >= 0.6 is 11.3 Å². The van der Waals surface area contributed by atoms with Gasteiger partial charge in [0.25, 0.3) is 0 Å². The molecule has 0 aliphatic carbocycles. The molecule has 0 amide bonds. The minimum absolute atomic E-state index is 0.648. The number of rotatable bonds is 5. The van der Waals surface area contributed by atoms with Crippen molar-refractivity contribution in [3.8, 4) is 11.4 Å². The Hall–Kier alpha value is -1.73. The van der Waals surface area contributed by atoms with Crippen molar-refractivity contribution in [1.82, 2.24) is 15.0 Å². The van der Waals surface area contributed by atoms with E-state index in [2.05, 4.69) is 37.5 Å². The van der Waals surface area contributed by atoms with Gasteiger partial charge >= 0.3 is 0 Å². The molecular formula is C14H19N5OS. The Labute approximate surface area is 128 Å². The molecule has 6 nitrogen and oxygen atoms in total. The number of morpholine rings is 1. The molecule has 1 aliphatic rings. The molecule has 0 radical (unpaired) electrons. The molecule has 0 atom stereocenters. The van der Waals surface area contributed by atoms with Crippen LogP contribution in [0.1, 0.15) is 13.3 Å². The van der Waals surface area contributed by atoms with Gasteiger partial charge in [-0.25, -0.2) is 0 Å². The van der Waals surface area contributed by atoms with E-state index in [9.17, 15) is 0 Å². The normalized spacial score (nSPS) is 15.2. The van der Waals surface area contributed by atoms with E-state index in [0.29, 0.717) is 5.95 Å². The second kappa shape index (κ2) is 6.82. The van der Waals surface area contributed by atoms with Gasteiger partial charge in [0, 0.05) is 30.6 Å². The molecule has 3 heterocycles. The average molecular weight is 305 g/mol. The van der Waals surface area contributed by atoms with Crippen LogP contribution in [0.5, 0.6) is 0 Å². The molecule has 0 unspecified atom stereocenters. The van der Waals surface area contributed by atoms with Crippen molar-refractivity contribution >= 4 is 23.2 Å². The third-order valence-electron chi connectivity index (χ3n) is 3.23. The quantitative estimate of drug-likeness (QED) is 0.914. The van der Waals surface area contributed by atoms with Crippen LogP contribution in [-0.2, 0) is 4.74 Å². The fraction of sp³-hybridized carbons (Fsp3) is 0.500. The van der Waals surface area contributed by atoms with E-state index < -0.39 is 0 Å². The molecule has 1 aliphatic heterocycles. The Morgan fingerprint density at radius 3 is 2.86 bits per heavy atom. The predicted molar refractivity (Wildman–Crippen MR) is 85.0 cm³/mol. The standard InChI is InChI=1S/C14H19N5OS/c1-2-4-15-13-16-12(11-3-9-21-10-11)17-14(18-13)19-5-7-20-8-6-19/h3,9-10H,2,4-8H2,1H3,(H,15,16,17,18). The molecule has 0 bridgehead atoms. The molecule has 1 saturated heterocycles. The Morgan fingerprint density at radius 2 is 2.14 bits per heavy atom. The number of nitrogens with zero attached hydrogens (tertiary/aromatic N) is 4. The molecule has 2 aromatic heterocycles. The molecule has 0 saturated carbocycles. The van der Waals surface area contributed by atoms with Gasteiger partial charge in [0.1, 0.15) is 0 Å². The van der Waals surface area contributed by atoms with Gasteiger partial charge in [-0.2, -0.15) is 26.3 Å². The highest BCUT2D eigenvalue weighted by Gasteiger charge is 2.17. The van der Waals surface area contributed by atoms with Gasteiger partial charge in [-0.15, -0.1) is 0 Å². The Morgan fingerprint density at radius 1 is 1.29 bits per heavy atom. The molecule has 112 valence electrons. The van der Waals surface area contributed by atoms with E-state index in [4.69, 9.17) is 4.74 Å². The lowest BCUT2D eigenvalue weighted by atomic mass is 10.3. The Kier molecular flexibility index (Phi) is 4.62. The second-order valence-electron chi connectivity index (χ2n) is 4.82. The van der Waals surface area contributed by atoms with Crippen molar-refractivity contribution in [3.05, 3.63) is 16.8 Å². The van der Waals surface area contributed by atoms with Gasteiger partial charge < -0.3 is 15.0 Å². The van der Waals surface area contributed by atoms with Crippen molar-refractivity contribution in [2.75, 3.05) is 43.1 Å². The molecule has 0 spiro atoms. The largest absolute Gasteiger partial charge is 0.378 e. The van der Waals surface area contributed by atoms with Crippen LogP contribution < -0.4 is 10.2 Å². The summed E-state index contributed by atoms with van der Waals surface area (Å²) < 4.78 is 5.39. The maximum absolute atomic E-state index is 5.39. The summed E-state index contributed by atoms with van der Waals surface area (Å²) in [6.45, 7) is 6.06. The lowest BCUT2D eigenvalue weighted by Crippen LogP contribution is -2.37. The minimum atomic E-state index is 0.648. The van der Waals surface area contributed by atoms with Crippen molar-refractivity contribution in [1.29, 1.82) is 0 Å². The van der Waals surface area contributed by atoms with Crippen LogP contribution in [0.4, 0.5) is 11.9 Å². The third-order valence-corrected chi connectivity index (χ3v) is 3.91. The van der Waals surface area contributed by atoms with E-state index in [1.165, 1.54) is 0 Å². The van der Waals surface area contributed by atoms with Crippen LogP contribution in [-0.4, -0.2) is 47.8 Å². The first-order chi connectivity index (χ1) is 10.4. The molecule has 7 heteroatoms. The molecular weight excluding hydrogens is 286 g/mol. The highest BCUT2D eigenvalue weighted by molar-refractivity contribution is 7.08. The van der Waals surface area contributed by atoms with Gasteiger partial charge in [0.2, 0.25) is 11.9 Å². The highest BCUT2D eigenvalue weighted by Crippen LogP contribution is 2.22. The topological polar surface area (TPSA) is 63.2 Å². The summed E-state index contributed by atoms with van der Waals surface area (Å²) in [6.07, 6.45) is 1.03. The summed E-state index contributed by atoms with van der Waals surface area (Å²) in [6, 6.07) is 2.03. The van der Waals surface area contributed by atoms with Crippen molar-refractivity contribution in [2.45, 2.75) is 13.3 Å². The fourth-order valence-electron chi connectivity index (χ4n) is 2.11. The Bertz CT molecular complexity index is 569.